The lowest BCUT2D eigenvalue weighted by molar-refractivity contribution is -0.384. The molecule has 1 N–H and O–H groups in total. The van der Waals surface area contributed by atoms with Gasteiger partial charge >= 0.3 is 0 Å². The monoisotopic (exact) mass is 524 g/mol. The highest BCUT2D eigenvalue weighted by atomic mass is 35.5. The number of benzene rings is 2. The third-order valence-corrected chi connectivity index (χ3v) is 6.41. The summed E-state index contributed by atoms with van der Waals surface area (Å²) in [5.74, 6) is -0.0293. The van der Waals surface area contributed by atoms with E-state index in [1.165, 1.54) is 29.5 Å². The Bertz CT molecular complexity index is 1500. The van der Waals surface area contributed by atoms with Crippen LogP contribution in [-0.2, 0) is 11.2 Å². The molecule has 2 heterocycles. The number of amides is 1. The van der Waals surface area contributed by atoms with Crippen molar-refractivity contribution in [3.05, 3.63) is 103 Å². The topological polar surface area (TPSA) is 122 Å². The first-order valence-corrected chi connectivity index (χ1v) is 11.6. The van der Waals surface area contributed by atoms with Crippen LogP contribution in [0.3, 0.4) is 0 Å². The fraction of sp³-hybridized carbons (Fsp3) is 0.0417. The third-order valence-electron chi connectivity index (χ3n) is 4.76. The Kier molecular flexibility index (Phi) is 7.27. The Balaban J connectivity index is 1.45. The van der Waals surface area contributed by atoms with E-state index in [9.17, 15) is 20.2 Å². The highest BCUT2D eigenvalue weighted by Crippen LogP contribution is 2.28. The quantitative estimate of drug-likeness (QED) is 0.123. The van der Waals surface area contributed by atoms with Crippen LogP contribution in [0.15, 0.2) is 70.8 Å². The summed E-state index contributed by atoms with van der Waals surface area (Å²) in [6.45, 7) is 0. The number of rotatable bonds is 7. The number of nitrogens with one attached hydrogen (secondary N) is 1. The molecule has 0 aliphatic rings. The largest absolute Gasteiger partial charge is 0.457 e. The molecular weight excluding hydrogens is 511 g/mol. The Morgan fingerprint density at radius 1 is 1.20 bits per heavy atom. The number of hydrogen-bond acceptors (Lipinski definition) is 7. The second-order valence-corrected chi connectivity index (χ2v) is 9.12. The summed E-state index contributed by atoms with van der Waals surface area (Å²) in [5.41, 5.74) is 1.18. The molecule has 0 saturated heterocycles. The Morgan fingerprint density at radius 3 is 2.77 bits per heavy atom. The summed E-state index contributed by atoms with van der Waals surface area (Å²) in [5, 5.41) is 24.3. The van der Waals surface area contributed by atoms with Gasteiger partial charge in [0.15, 0.2) is 5.13 Å². The van der Waals surface area contributed by atoms with E-state index in [2.05, 4.69) is 10.3 Å². The number of nitro groups is 1. The van der Waals surface area contributed by atoms with Crippen molar-refractivity contribution >= 4 is 57.3 Å². The molecule has 0 bridgehead atoms. The first-order valence-electron chi connectivity index (χ1n) is 9.99. The van der Waals surface area contributed by atoms with Gasteiger partial charge in [0.1, 0.15) is 23.2 Å². The maximum Gasteiger partial charge on any atom is 0.270 e. The van der Waals surface area contributed by atoms with Crippen molar-refractivity contribution in [1.29, 1.82) is 5.26 Å². The third kappa shape index (κ3) is 5.94. The van der Waals surface area contributed by atoms with Crippen LogP contribution in [0.2, 0.25) is 10.0 Å². The molecule has 2 aromatic carbocycles. The van der Waals surface area contributed by atoms with Crippen LogP contribution in [0, 0.1) is 21.4 Å². The second-order valence-electron chi connectivity index (χ2n) is 7.19. The molecule has 35 heavy (non-hydrogen) atoms. The number of anilines is 1. The summed E-state index contributed by atoms with van der Waals surface area (Å²) >= 11 is 13.3. The van der Waals surface area contributed by atoms with Crippen LogP contribution in [0.4, 0.5) is 10.8 Å². The van der Waals surface area contributed by atoms with E-state index in [-0.39, 0.29) is 17.0 Å². The van der Waals surface area contributed by atoms with Gasteiger partial charge in [-0.15, -0.1) is 11.3 Å². The number of halogens is 2. The molecule has 0 fully saturated rings. The minimum absolute atomic E-state index is 0.0740. The van der Waals surface area contributed by atoms with E-state index in [1.54, 1.807) is 42.6 Å². The van der Waals surface area contributed by atoms with Gasteiger partial charge in [0.2, 0.25) is 0 Å². The molecular formula is C24H14Cl2N4O4S. The average molecular weight is 525 g/mol. The number of hydrogen-bond donors (Lipinski definition) is 1. The highest BCUT2D eigenvalue weighted by molar-refractivity contribution is 7.15. The second kappa shape index (κ2) is 10.5. The predicted octanol–water partition coefficient (Wildman–Crippen LogP) is 6.75. The zero-order chi connectivity index (χ0) is 24.9. The Labute approximate surface area is 213 Å². The van der Waals surface area contributed by atoms with Crippen LogP contribution in [0.1, 0.15) is 16.2 Å². The zero-order valence-corrected chi connectivity index (χ0v) is 20.0. The van der Waals surface area contributed by atoms with Gasteiger partial charge in [-0.1, -0.05) is 41.4 Å². The number of carbonyl (C=O) groups is 1. The minimum Gasteiger partial charge on any atom is -0.457 e. The summed E-state index contributed by atoms with van der Waals surface area (Å²) < 4.78 is 5.66. The van der Waals surface area contributed by atoms with Crippen LogP contribution >= 0.6 is 34.5 Å². The van der Waals surface area contributed by atoms with Gasteiger partial charge in [-0.05, 0) is 29.8 Å². The van der Waals surface area contributed by atoms with Crippen molar-refractivity contribution in [2.75, 3.05) is 5.32 Å². The fourth-order valence-electron chi connectivity index (χ4n) is 3.11. The van der Waals surface area contributed by atoms with Crippen molar-refractivity contribution in [1.82, 2.24) is 4.98 Å². The minimum atomic E-state index is -0.642. The number of nitro benzene ring substituents is 1. The summed E-state index contributed by atoms with van der Waals surface area (Å²) in [6.07, 6.45) is 3.48. The number of furan rings is 1. The maximum absolute atomic E-state index is 12.6. The van der Waals surface area contributed by atoms with E-state index < -0.39 is 10.8 Å². The number of nitrogens with zero attached hydrogens (tertiary/aromatic N) is 3. The molecule has 0 radical (unpaired) electrons. The van der Waals surface area contributed by atoms with Gasteiger partial charge in [0.05, 0.1) is 15.0 Å². The molecule has 0 saturated carbocycles. The number of carbonyl (C=O) groups excluding carboxylic acids is 1. The SMILES string of the molecule is N#CC(=Cc1ccc(-c2cccc([N+](=O)[O-])c2)o1)C(=O)Nc1ncc(Cc2ccc(Cl)c(Cl)c2)s1. The van der Waals surface area contributed by atoms with Gasteiger partial charge in [0, 0.05) is 41.3 Å². The molecule has 0 unspecified atom stereocenters. The summed E-state index contributed by atoms with van der Waals surface area (Å²) in [4.78, 5) is 28.2. The molecule has 1 amide bonds. The van der Waals surface area contributed by atoms with E-state index in [0.29, 0.717) is 32.9 Å². The molecule has 0 spiro atoms. The van der Waals surface area contributed by atoms with Crippen LogP contribution in [0.25, 0.3) is 17.4 Å². The lowest BCUT2D eigenvalue weighted by atomic mass is 10.1. The van der Waals surface area contributed by atoms with E-state index in [4.69, 9.17) is 27.6 Å². The first kappa shape index (κ1) is 24.2. The molecule has 4 aromatic rings. The number of nitriles is 1. The Morgan fingerprint density at radius 2 is 2.03 bits per heavy atom. The molecule has 8 nitrogen and oxygen atoms in total. The lowest BCUT2D eigenvalue weighted by Gasteiger charge is -2.01. The first-order chi connectivity index (χ1) is 16.8. The van der Waals surface area contributed by atoms with Gasteiger partial charge in [0.25, 0.3) is 11.6 Å². The Hall–Kier alpha value is -3.97. The van der Waals surface area contributed by atoms with Crippen molar-refractivity contribution in [2.45, 2.75) is 6.42 Å². The van der Waals surface area contributed by atoms with Gasteiger partial charge < -0.3 is 4.42 Å². The van der Waals surface area contributed by atoms with Crippen LogP contribution < -0.4 is 5.32 Å². The smallest absolute Gasteiger partial charge is 0.270 e. The maximum atomic E-state index is 12.6. The molecule has 0 aliphatic carbocycles. The molecule has 11 heteroatoms. The van der Waals surface area contributed by atoms with E-state index in [1.807, 2.05) is 12.1 Å². The summed E-state index contributed by atoms with van der Waals surface area (Å²) in [6, 6.07) is 16.3. The van der Waals surface area contributed by atoms with Crippen molar-refractivity contribution in [3.8, 4) is 17.4 Å². The van der Waals surface area contributed by atoms with Gasteiger partial charge in [-0.2, -0.15) is 5.26 Å². The van der Waals surface area contributed by atoms with E-state index in [0.717, 1.165) is 10.4 Å². The standard InChI is InChI=1S/C24H14Cl2N4O4S/c25-20-6-4-14(9-21(20)26)8-19-13-28-24(35-19)29-23(31)16(12-27)11-18-5-7-22(34-18)15-2-1-3-17(10-15)30(32)33/h1-7,9-11,13H,8H2,(H,28,29,31). The van der Waals surface area contributed by atoms with Crippen molar-refractivity contribution < 1.29 is 14.1 Å². The predicted molar refractivity (Wildman–Crippen MR) is 134 cm³/mol. The number of thiazole rings is 1. The van der Waals surface area contributed by atoms with Crippen LogP contribution in [0.5, 0.6) is 0 Å². The lowest BCUT2D eigenvalue weighted by Crippen LogP contribution is -2.13. The molecule has 0 aliphatic heterocycles. The molecule has 4 rings (SSSR count). The summed E-state index contributed by atoms with van der Waals surface area (Å²) in [7, 11) is 0. The van der Waals surface area contributed by atoms with Crippen molar-refractivity contribution in [2.24, 2.45) is 0 Å². The highest BCUT2D eigenvalue weighted by Gasteiger charge is 2.15. The number of aromatic nitrogens is 1. The van der Waals surface area contributed by atoms with Crippen LogP contribution in [-0.4, -0.2) is 15.8 Å². The fourth-order valence-corrected chi connectivity index (χ4v) is 4.27. The van der Waals surface area contributed by atoms with Gasteiger partial charge in [-0.25, -0.2) is 4.98 Å². The molecule has 174 valence electrons. The average Bonchev–Trinajstić information content (AvgIpc) is 3.49. The van der Waals surface area contributed by atoms with Gasteiger partial charge in [-0.3, -0.25) is 20.2 Å². The van der Waals surface area contributed by atoms with E-state index >= 15 is 0 Å². The molecule has 0 atom stereocenters. The van der Waals surface area contributed by atoms with Crippen molar-refractivity contribution in [3.63, 3.8) is 0 Å². The molecule has 2 aromatic heterocycles. The zero-order valence-electron chi connectivity index (χ0n) is 17.7. The normalized spacial score (nSPS) is 11.2. The number of non-ortho nitro benzene ring substituents is 1.